The molecule has 6 rings (SSSR count). The largest absolute Gasteiger partial charge is 0.352 e. The Hall–Kier alpha value is -4.20. The van der Waals surface area contributed by atoms with E-state index in [0.29, 0.717) is 16.7 Å². The Morgan fingerprint density at radius 3 is 2.54 bits per heavy atom. The molecule has 1 aliphatic heterocycles. The number of thiocarbonyl (C=S) groups is 1. The molecule has 0 aliphatic carbocycles. The van der Waals surface area contributed by atoms with Crippen molar-refractivity contribution in [3.63, 3.8) is 0 Å². The normalized spacial score (nSPS) is 16.7. The molecule has 0 radical (unpaired) electrons. The fourth-order valence-corrected chi connectivity index (χ4v) is 6.29. The number of rotatable bonds is 7. The fourth-order valence-electron chi connectivity index (χ4n) is 5.83. The highest BCUT2D eigenvalue weighted by atomic mass is 35.5. The van der Waals surface area contributed by atoms with Crippen molar-refractivity contribution >= 4 is 51.3 Å². The van der Waals surface area contributed by atoms with Crippen molar-refractivity contribution in [2.24, 2.45) is 0 Å². The highest BCUT2D eigenvalue weighted by Gasteiger charge is 2.41. The van der Waals surface area contributed by atoms with E-state index in [1.54, 1.807) is 6.20 Å². The molecule has 2 atom stereocenters. The van der Waals surface area contributed by atoms with Gasteiger partial charge in [-0.05, 0) is 85.5 Å². The molecule has 41 heavy (non-hydrogen) atoms. The van der Waals surface area contributed by atoms with Gasteiger partial charge in [-0.15, -0.1) is 0 Å². The summed E-state index contributed by atoms with van der Waals surface area (Å²) in [5.74, 6) is -0.0594. The number of anilines is 1. The van der Waals surface area contributed by atoms with E-state index in [4.69, 9.17) is 23.8 Å². The van der Waals surface area contributed by atoms with Crippen LogP contribution < -0.4 is 10.6 Å². The lowest BCUT2D eigenvalue weighted by Gasteiger charge is -2.28. The molecule has 0 unspecified atom stereocenters. The first-order valence-corrected chi connectivity index (χ1v) is 14.4. The number of nitrogens with zero attached hydrogens (tertiary/aromatic N) is 3. The van der Waals surface area contributed by atoms with Gasteiger partial charge in [-0.3, -0.25) is 9.78 Å². The summed E-state index contributed by atoms with van der Waals surface area (Å²) >= 11 is 12.0. The third-order valence-electron chi connectivity index (χ3n) is 7.72. The molecule has 0 spiro atoms. The minimum absolute atomic E-state index is 0.0594. The van der Waals surface area contributed by atoms with E-state index in [-0.39, 0.29) is 24.4 Å². The van der Waals surface area contributed by atoms with Crippen LogP contribution in [0.5, 0.6) is 0 Å². The molecule has 8 heteroatoms. The fraction of sp³-hybridized carbons (Fsp3) is 0.182. The lowest BCUT2D eigenvalue weighted by atomic mass is 9.96. The topological polar surface area (TPSA) is 62.2 Å². The molecule has 1 amide bonds. The summed E-state index contributed by atoms with van der Waals surface area (Å²) in [5, 5.41) is 10.0. The van der Waals surface area contributed by atoms with Gasteiger partial charge in [0.1, 0.15) is 0 Å². The van der Waals surface area contributed by atoms with Crippen LogP contribution in [0.2, 0.25) is 5.02 Å². The van der Waals surface area contributed by atoms with E-state index in [0.717, 1.165) is 44.8 Å². The van der Waals surface area contributed by atoms with Crippen LogP contribution in [0.15, 0.2) is 97.2 Å². The first-order valence-electron chi connectivity index (χ1n) is 13.6. The summed E-state index contributed by atoms with van der Waals surface area (Å²) < 4.78 is 2.23. The van der Waals surface area contributed by atoms with E-state index in [9.17, 15) is 4.79 Å². The molecule has 0 saturated carbocycles. The van der Waals surface area contributed by atoms with Gasteiger partial charge < -0.3 is 20.1 Å². The molecular weight excluding hydrogens is 550 g/mol. The summed E-state index contributed by atoms with van der Waals surface area (Å²) in [7, 11) is 0. The van der Waals surface area contributed by atoms with Gasteiger partial charge in [0.25, 0.3) is 0 Å². The SMILES string of the molecule is Cc1cc([C@@H]2[C@@H](c3ccccn3)NC(=S)N2CCC(=O)Nc2cccc3ccccc23)c(C)n1-c1ccc(Cl)cc1. The lowest BCUT2D eigenvalue weighted by molar-refractivity contribution is -0.116. The Bertz CT molecular complexity index is 1730. The summed E-state index contributed by atoms with van der Waals surface area (Å²) in [4.78, 5) is 20.0. The number of hydrogen-bond donors (Lipinski definition) is 2. The summed E-state index contributed by atoms with van der Waals surface area (Å²) in [6.45, 7) is 4.68. The summed E-state index contributed by atoms with van der Waals surface area (Å²) in [6.07, 6.45) is 2.08. The maximum atomic E-state index is 13.2. The maximum Gasteiger partial charge on any atom is 0.226 e. The number of hydrogen-bond acceptors (Lipinski definition) is 3. The zero-order valence-corrected chi connectivity index (χ0v) is 24.4. The monoisotopic (exact) mass is 579 g/mol. The van der Waals surface area contributed by atoms with Gasteiger partial charge in [-0.1, -0.05) is 54.1 Å². The number of aromatic nitrogens is 2. The third-order valence-corrected chi connectivity index (χ3v) is 8.32. The third kappa shape index (κ3) is 5.31. The van der Waals surface area contributed by atoms with Gasteiger partial charge in [0.15, 0.2) is 5.11 Å². The second-order valence-corrected chi connectivity index (χ2v) is 11.1. The Morgan fingerprint density at radius 1 is 1.00 bits per heavy atom. The Kier molecular flexibility index (Phi) is 7.47. The van der Waals surface area contributed by atoms with Gasteiger partial charge in [0.05, 0.1) is 17.8 Å². The number of carbonyl (C=O) groups is 1. The van der Waals surface area contributed by atoms with E-state index in [2.05, 4.69) is 45.0 Å². The van der Waals surface area contributed by atoms with Crippen molar-refractivity contribution in [3.05, 3.63) is 125 Å². The lowest BCUT2D eigenvalue weighted by Crippen LogP contribution is -2.33. The summed E-state index contributed by atoms with van der Waals surface area (Å²) in [6, 6.07) is 29.7. The van der Waals surface area contributed by atoms with Crippen LogP contribution in [0.4, 0.5) is 5.69 Å². The van der Waals surface area contributed by atoms with Crippen LogP contribution in [0.3, 0.4) is 0 Å². The van der Waals surface area contributed by atoms with E-state index in [1.807, 2.05) is 84.9 Å². The number of nitrogens with one attached hydrogen (secondary N) is 2. The highest BCUT2D eigenvalue weighted by molar-refractivity contribution is 7.80. The van der Waals surface area contributed by atoms with E-state index < -0.39 is 0 Å². The quantitative estimate of drug-likeness (QED) is 0.198. The van der Waals surface area contributed by atoms with Crippen LogP contribution in [-0.4, -0.2) is 32.0 Å². The van der Waals surface area contributed by atoms with Crippen molar-refractivity contribution < 1.29 is 4.79 Å². The average Bonchev–Trinajstić information content (AvgIpc) is 3.47. The molecule has 6 nitrogen and oxygen atoms in total. The smallest absolute Gasteiger partial charge is 0.226 e. The molecule has 3 aromatic carbocycles. The van der Waals surface area contributed by atoms with Gasteiger partial charge in [-0.25, -0.2) is 0 Å². The van der Waals surface area contributed by atoms with Gasteiger partial charge in [-0.2, -0.15) is 0 Å². The van der Waals surface area contributed by atoms with Crippen LogP contribution in [0.1, 0.15) is 41.1 Å². The first kappa shape index (κ1) is 27.0. The number of carbonyl (C=O) groups excluding carboxylic acids is 1. The van der Waals surface area contributed by atoms with Crippen molar-refractivity contribution in [1.29, 1.82) is 0 Å². The first-order chi connectivity index (χ1) is 19.9. The van der Waals surface area contributed by atoms with Gasteiger partial charge in [0, 0.05) is 52.3 Å². The molecule has 1 aliphatic rings. The molecule has 2 aromatic heterocycles. The maximum absolute atomic E-state index is 13.2. The van der Waals surface area contributed by atoms with Crippen molar-refractivity contribution in [2.45, 2.75) is 32.4 Å². The molecular formula is C33H30ClN5OS. The van der Waals surface area contributed by atoms with E-state index >= 15 is 0 Å². The van der Waals surface area contributed by atoms with Gasteiger partial charge >= 0.3 is 0 Å². The molecule has 1 fully saturated rings. The van der Waals surface area contributed by atoms with Crippen LogP contribution in [-0.2, 0) is 4.79 Å². The molecule has 206 valence electrons. The average molecular weight is 580 g/mol. The number of aryl methyl sites for hydroxylation is 1. The number of fused-ring (bicyclic) bond motifs is 1. The molecule has 3 heterocycles. The molecule has 5 aromatic rings. The van der Waals surface area contributed by atoms with Crippen molar-refractivity contribution in [2.75, 3.05) is 11.9 Å². The van der Waals surface area contributed by atoms with Crippen molar-refractivity contribution in [1.82, 2.24) is 19.8 Å². The predicted molar refractivity (Wildman–Crippen MR) is 170 cm³/mol. The minimum Gasteiger partial charge on any atom is -0.352 e. The summed E-state index contributed by atoms with van der Waals surface area (Å²) in [5.41, 5.74) is 6.09. The van der Waals surface area contributed by atoms with Crippen LogP contribution in [0, 0.1) is 13.8 Å². The number of benzene rings is 3. The Morgan fingerprint density at radius 2 is 1.76 bits per heavy atom. The number of pyridine rings is 1. The zero-order chi connectivity index (χ0) is 28.5. The second kappa shape index (κ2) is 11.4. The Labute approximate surface area is 250 Å². The zero-order valence-electron chi connectivity index (χ0n) is 22.8. The molecule has 2 N–H and O–H groups in total. The van der Waals surface area contributed by atoms with Gasteiger partial charge in [0.2, 0.25) is 5.91 Å². The standard InChI is InChI=1S/C33H30ClN5OS/c1-21-20-27(22(2)39(21)25-15-13-24(34)14-16-25)32-31(29-11-5-6-18-35-29)37-33(41)38(32)19-17-30(40)36-28-12-7-9-23-8-3-4-10-26(23)28/h3-16,18,20,31-32H,17,19H2,1-2H3,(H,36,40)(H,37,41)/t31-,32-/m1/s1. The van der Waals surface area contributed by atoms with E-state index in [1.165, 1.54) is 0 Å². The second-order valence-electron chi connectivity index (χ2n) is 10.3. The highest BCUT2D eigenvalue weighted by Crippen LogP contribution is 2.41. The molecule has 1 saturated heterocycles. The number of halogens is 1. The van der Waals surface area contributed by atoms with Crippen molar-refractivity contribution in [3.8, 4) is 5.69 Å². The predicted octanol–water partition coefficient (Wildman–Crippen LogP) is 7.30. The minimum atomic E-state index is -0.163. The Balaban J connectivity index is 1.31. The molecule has 0 bridgehead atoms. The van der Waals surface area contributed by atoms with Crippen LogP contribution in [0.25, 0.3) is 16.5 Å². The number of amides is 1. The van der Waals surface area contributed by atoms with Crippen LogP contribution >= 0.6 is 23.8 Å².